The van der Waals surface area contributed by atoms with E-state index in [2.05, 4.69) is 4.98 Å². The van der Waals surface area contributed by atoms with Gasteiger partial charge < -0.3 is 14.7 Å². The van der Waals surface area contributed by atoms with Gasteiger partial charge in [-0.15, -0.1) is 0 Å². The molecule has 1 unspecified atom stereocenters. The van der Waals surface area contributed by atoms with Crippen molar-refractivity contribution in [1.82, 2.24) is 4.98 Å². The van der Waals surface area contributed by atoms with Crippen molar-refractivity contribution in [1.29, 1.82) is 0 Å². The van der Waals surface area contributed by atoms with Crippen LogP contribution < -0.4 is 4.90 Å². The van der Waals surface area contributed by atoms with Crippen molar-refractivity contribution < 1.29 is 33.0 Å². The number of aliphatic carboxylic acids is 1. The highest BCUT2D eigenvalue weighted by molar-refractivity contribution is 6.31. The Hall–Kier alpha value is -2.81. The molecule has 0 spiro atoms. The van der Waals surface area contributed by atoms with Crippen LogP contribution in [0.15, 0.2) is 18.2 Å². The lowest BCUT2D eigenvalue weighted by atomic mass is 9.76. The van der Waals surface area contributed by atoms with Crippen LogP contribution >= 0.6 is 11.6 Å². The Morgan fingerprint density at radius 3 is 2.71 bits per heavy atom. The van der Waals surface area contributed by atoms with Crippen LogP contribution in [0.5, 0.6) is 0 Å². The molecule has 1 aliphatic rings. The fourth-order valence-corrected chi connectivity index (χ4v) is 3.34. The smallest absolute Gasteiger partial charge is 0.333 e. The van der Waals surface area contributed by atoms with Crippen molar-refractivity contribution >= 4 is 46.0 Å². The molecule has 0 amide bonds. The zero-order valence-corrected chi connectivity index (χ0v) is 15.4. The molecule has 3 rings (SSSR count). The van der Waals surface area contributed by atoms with Gasteiger partial charge in [0.2, 0.25) is 5.41 Å². The number of nitrogens with zero attached hydrogens (tertiary/aromatic N) is 2. The van der Waals surface area contributed by atoms with Gasteiger partial charge in [-0.2, -0.15) is 0 Å². The number of benzene rings is 1. The average Bonchev–Trinajstić information content (AvgIpc) is 2.64. The van der Waals surface area contributed by atoms with E-state index in [-0.39, 0.29) is 40.5 Å². The summed E-state index contributed by atoms with van der Waals surface area (Å²) in [5.74, 6) is -4.76. The quantitative estimate of drug-likeness (QED) is 0.595. The highest BCUT2D eigenvalue weighted by Crippen LogP contribution is 2.39. The lowest BCUT2D eigenvalue weighted by molar-refractivity contribution is -0.163. The summed E-state index contributed by atoms with van der Waals surface area (Å²) in [7, 11) is 0. The van der Waals surface area contributed by atoms with Gasteiger partial charge in [0.25, 0.3) is 0 Å². The third-order valence-electron chi connectivity index (χ3n) is 4.54. The second-order valence-electron chi connectivity index (χ2n) is 6.19. The minimum atomic E-state index is -2.57. The maximum absolute atomic E-state index is 13.8. The van der Waals surface area contributed by atoms with Gasteiger partial charge in [0, 0.05) is 11.9 Å². The van der Waals surface area contributed by atoms with Crippen molar-refractivity contribution in [3.05, 3.63) is 34.6 Å². The van der Waals surface area contributed by atoms with E-state index < -0.39 is 42.2 Å². The Kier molecular flexibility index (Phi) is 5.20. The van der Waals surface area contributed by atoms with Crippen molar-refractivity contribution in [3.8, 4) is 0 Å². The third-order valence-corrected chi connectivity index (χ3v) is 4.83. The lowest BCUT2D eigenvalue weighted by Gasteiger charge is -2.38. The summed E-state index contributed by atoms with van der Waals surface area (Å²) in [6.07, 6.45) is 0. The number of carboxylic acid groups (broad SMARTS) is 1. The van der Waals surface area contributed by atoms with Crippen molar-refractivity contribution in [2.75, 3.05) is 31.3 Å². The number of Topliss-reactive ketones (excluding diaryl/α,β-unsaturated/α-hetero) is 1. The molecule has 0 saturated carbocycles. The van der Waals surface area contributed by atoms with Crippen LogP contribution in [0.1, 0.15) is 17.3 Å². The molecule has 1 aromatic carbocycles. The molecule has 0 bridgehead atoms. The SMILES string of the molecule is CCOC(=O)C1(C(=O)O)CN(CCF)c2nc3cc(Cl)c(F)cc3cc2C1=O. The van der Waals surface area contributed by atoms with Crippen molar-refractivity contribution in [3.63, 3.8) is 0 Å². The van der Waals surface area contributed by atoms with E-state index in [0.717, 1.165) is 6.07 Å². The first kappa shape index (κ1) is 19.9. The molecule has 10 heteroatoms. The number of alkyl halides is 1. The number of ketones is 1. The van der Waals surface area contributed by atoms with Crippen LogP contribution in [-0.2, 0) is 14.3 Å². The maximum Gasteiger partial charge on any atom is 0.333 e. The van der Waals surface area contributed by atoms with Crippen LogP contribution in [0.3, 0.4) is 0 Å². The van der Waals surface area contributed by atoms with E-state index in [1.807, 2.05) is 0 Å². The van der Waals surface area contributed by atoms with E-state index in [4.69, 9.17) is 16.3 Å². The van der Waals surface area contributed by atoms with Gasteiger partial charge in [0.1, 0.15) is 18.3 Å². The number of aromatic nitrogens is 1. The molecule has 0 aliphatic carbocycles. The first-order chi connectivity index (χ1) is 13.3. The van der Waals surface area contributed by atoms with Gasteiger partial charge in [-0.3, -0.25) is 14.4 Å². The van der Waals surface area contributed by atoms with Crippen molar-refractivity contribution in [2.24, 2.45) is 5.41 Å². The highest BCUT2D eigenvalue weighted by Gasteiger charge is 2.59. The fourth-order valence-electron chi connectivity index (χ4n) is 3.18. The number of ether oxygens (including phenoxy) is 1. The van der Waals surface area contributed by atoms with Gasteiger partial charge >= 0.3 is 11.9 Å². The summed E-state index contributed by atoms with van der Waals surface area (Å²) in [5.41, 5.74) is -2.57. The standard InChI is InChI=1S/C18H15ClF2N2O5/c1-2-28-17(27)18(16(25)26)8-23(4-3-20)15-10(14(18)24)5-9-6-12(21)11(19)7-13(9)22-15/h5-7H,2-4,8H2,1H3,(H,25,26). The lowest BCUT2D eigenvalue weighted by Crippen LogP contribution is -2.58. The van der Waals surface area contributed by atoms with Gasteiger partial charge in [0.15, 0.2) is 5.78 Å². The first-order valence-corrected chi connectivity index (χ1v) is 8.70. The normalized spacial score (nSPS) is 18.9. The van der Waals surface area contributed by atoms with E-state index in [0.29, 0.717) is 0 Å². The van der Waals surface area contributed by atoms with E-state index in [1.165, 1.54) is 24.0 Å². The molecule has 1 aromatic heterocycles. The monoisotopic (exact) mass is 412 g/mol. The Morgan fingerprint density at radius 2 is 2.11 bits per heavy atom. The van der Waals surface area contributed by atoms with Crippen LogP contribution in [0.2, 0.25) is 5.02 Å². The second kappa shape index (κ2) is 7.31. The number of esters is 1. The summed E-state index contributed by atoms with van der Waals surface area (Å²) in [5, 5.41) is 9.71. The molecule has 2 aromatic rings. The number of pyridine rings is 1. The summed E-state index contributed by atoms with van der Waals surface area (Å²) < 4.78 is 31.7. The molecule has 0 saturated heterocycles. The molecule has 1 aliphatic heterocycles. The van der Waals surface area contributed by atoms with Gasteiger partial charge in [-0.05, 0) is 25.1 Å². The van der Waals surface area contributed by atoms with Crippen molar-refractivity contribution in [2.45, 2.75) is 6.92 Å². The molecule has 7 nitrogen and oxygen atoms in total. The van der Waals surface area contributed by atoms with E-state index >= 15 is 0 Å². The van der Waals surface area contributed by atoms with Crippen LogP contribution in [0, 0.1) is 11.2 Å². The number of carbonyl (C=O) groups excluding carboxylic acids is 2. The second-order valence-corrected chi connectivity index (χ2v) is 6.60. The van der Waals surface area contributed by atoms with Crippen LogP contribution in [-0.4, -0.2) is 54.2 Å². The number of anilines is 1. The maximum atomic E-state index is 13.8. The molecule has 0 radical (unpaired) electrons. The largest absolute Gasteiger partial charge is 0.480 e. The fraction of sp³-hybridized carbons (Fsp3) is 0.333. The van der Waals surface area contributed by atoms with Crippen LogP contribution in [0.25, 0.3) is 10.9 Å². The molecule has 1 N–H and O–H groups in total. The molecule has 2 heterocycles. The number of carboxylic acids is 1. The summed E-state index contributed by atoms with van der Waals surface area (Å²) in [4.78, 5) is 43.0. The van der Waals surface area contributed by atoms with E-state index in [1.54, 1.807) is 0 Å². The zero-order valence-electron chi connectivity index (χ0n) is 14.7. The topological polar surface area (TPSA) is 96.8 Å². The Labute approximate surface area is 162 Å². The Balaban J connectivity index is 2.28. The van der Waals surface area contributed by atoms with E-state index in [9.17, 15) is 28.3 Å². The third kappa shape index (κ3) is 2.95. The van der Waals surface area contributed by atoms with Gasteiger partial charge in [-0.1, -0.05) is 11.6 Å². The zero-order chi connectivity index (χ0) is 20.6. The molecule has 0 fully saturated rings. The van der Waals surface area contributed by atoms with Crippen LogP contribution in [0.4, 0.5) is 14.6 Å². The molecule has 1 atom stereocenters. The highest BCUT2D eigenvalue weighted by atomic mass is 35.5. The minimum absolute atomic E-state index is 0.000928. The summed E-state index contributed by atoms with van der Waals surface area (Å²) in [6.45, 7) is -0.491. The summed E-state index contributed by atoms with van der Waals surface area (Å²) >= 11 is 5.77. The molecular weight excluding hydrogens is 398 g/mol. The number of rotatable bonds is 5. The number of halogens is 3. The first-order valence-electron chi connectivity index (χ1n) is 8.32. The summed E-state index contributed by atoms with van der Waals surface area (Å²) in [6, 6.07) is 3.51. The predicted octanol–water partition coefficient (Wildman–Crippen LogP) is 2.63. The molecular formula is C18H15ClF2N2O5. The van der Waals surface area contributed by atoms with Gasteiger partial charge in [0.05, 0.1) is 29.3 Å². The molecule has 28 heavy (non-hydrogen) atoms. The number of hydrogen-bond donors (Lipinski definition) is 1. The molecule has 148 valence electrons. The number of carbonyl (C=O) groups is 3. The average molecular weight is 413 g/mol. The minimum Gasteiger partial charge on any atom is -0.480 e. The van der Waals surface area contributed by atoms with Gasteiger partial charge in [-0.25, -0.2) is 13.8 Å². The Morgan fingerprint density at radius 1 is 1.39 bits per heavy atom. The Bertz CT molecular complexity index is 1000. The predicted molar refractivity (Wildman–Crippen MR) is 95.9 cm³/mol. The number of hydrogen-bond acceptors (Lipinski definition) is 6. The number of fused-ring (bicyclic) bond motifs is 2.